The Kier molecular flexibility index (Phi) is 4.38. The maximum atomic E-state index is 12.1. The van der Waals surface area contributed by atoms with E-state index in [1.54, 1.807) is 0 Å². The van der Waals surface area contributed by atoms with Crippen LogP contribution in [-0.4, -0.2) is 23.4 Å². The van der Waals surface area contributed by atoms with Gasteiger partial charge in [0.25, 0.3) is 0 Å². The van der Waals surface area contributed by atoms with Crippen molar-refractivity contribution in [2.45, 2.75) is 60.4 Å². The molecule has 0 saturated carbocycles. The van der Waals surface area contributed by atoms with Gasteiger partial charge in [0, 0.05) is 18.0 Å². The first kappa shape index (κ1) is 14.5. The van der Waals surface area contributed by atoms with Gasteiger partial charge in [0.1, 0.15) is 0 Å². The molecule has 0 N–H and O–H groups in total. The Labute approximate surface area is 95.0 Å². The zero-order chi connectivity index (χ0) is 12.4. The summed E-state index contributed by atoms with van der Waals surface area (Å²) in [5, 5.41) is 0. The molecule has 0 aliphatic heterocycles. The average molecular weight is 213 g/mol. The highest BCUT2D eigenvalue weighted by molar-refractivity contribution is 5.81. The standard InChI is InChI=1S/C13H27NO/c1-10(2)9-13(6,7)14(8)11(15)12(3,4)5/h10H,9H2,1-8H3. The fourth-order valence-electron chi connectivity index (χ4n) is 1.91. The predicted molar refractivity (Wildman–Crippen MR) is 65.8 cm³/mol. The minimum Gasteiger partial charge on any atom is -0.340 e. The zero-order valence-electron chi connectivity index (χ0n) is 11.6. The number of amides is 1. The van der Waals surface area contributed by atoms with Crippen LogP contribution in [0, 0.1) is 11.3 Å². The van der Waals surface area contributed by atoms with Crippen molar-refractivity contribution in [2.24, 2.45) is 11.3 Å². The third-order valence-electron chi connectivity index (χ3n) is 2.76. The molecule has 2 heteroatoms. The number of hydrogen-bond donors (Lipinski definition) is 0. The lowest BCUT2D eigenvalue weighted by molar-refractivity contribution is -0.143. The monoisotopic (exact) mass is 213 g/mol. The Morgan fingerprint density at radius 1 is 1.13 bits per heavy atom. The first-order valence-electron chi connectivity index (χ1n) is 5.77. The summed E-state index contributed by atoms with van der Waals surface area (Å²) in [5.74, 6) is 0.823. The summed E-state index contributed by atoms with van der Waals surface area (Å²) >= 11 is 0. The number of nitrogens with zero attached hydrogens (tertiary/aromatic N) is 1. The SMILES string of the molecule is CC(C)CC(C)(C)N(C)C(=O)C(C)(C)C. The van der Waals surface area contributed by atoms with E-state index < -0.39 is 0 Å². The Balaban J connectivity index is 4.69. The van der Waals surface area contributed by atoms with Crippen LogP contribution in [0.2, 0.25) is 0 Å². The fraction of sp³-hybridized carbons (Fsp3) is 0.923. The Morgan fingerprint density at radius 2 is 1.53 bits per heavy atom. The van der Waals surface area contributed by atoms with E-state index in [0.29, 0.717) is 5.92 Å². The molecular weight excluding hydrogens is 186 g/mol. The largest absolute Gasteiger partial charge is 0.340 e. The molecule has 0 aromatic carbocycles. The van der Waals surface area contributed by atoms with Crippen LogP contribution >= 0.6 is 0 Å². The Hall–Kier alpha value is -0.530. The zero-order valence-corrected chi connectivity index (χ0v) is 11.6. The van der Waals surface area contributed by atoms with E-state index in [2.05, 4.69) is 27.7 Å². The van der Waals surface area contributed by atoms with Crippen molar-refractivity contribution < 1.29 is 4.79 Å². The predicted octanol–water partition coefficient (Wildman–Crippen LogP) is 3.32. The van der Waals surface area contributed by atoms with Gasteiger partial charge in [0.15, 0.2) is 0 Å². The molecule has 90 valence electrons. The van der Waals surface area contributed by atoms with Crippen LogP contribution in [0.5, 0.6) is 0 Å². The highest BCUT2D eigenvalue weighted by Gasteiger charge is 2.34. The molecule has 1 amide bonds. The molecule has 0 fully saturated rings. The van der Waals surface area contributed by atoms with Gasteiger partial charge in [0.05, 0.1) is 0 Å². The van der Waals surface area contributed by atoms with Crippen LogP contribution in [0.3, 0.4) is 0 Å². The second-order valence-corrected chi connectivity index (χ2v) is 6.52. The van der Waals surface area contributed by atoms with Crippen LogP contribution in [0.15, 0.2) is 0 Å². The van der Waals surface area contributed by atoms with E-state index in [0.717, 1.165) is 6.42 Å². The maximum Gasteiger partial charge on any atom is 0.228 e. The molecule has 0 spiro atoms. The van der Waals surface area contributed by atoms with Crippen molar-refractivity contribution in [2.75, 3.05) is 7.05 Å². The smallest absolute Gasteiger partial charge is 0.228 e. The summed E-state index contributed by atoms with van der Waals surface area (Å²) in [6.07, 6.45) is 1.03. The normalized spacial score (nSPS) is 13.1. The minimum absolute atomic E-state index is 0.0570. The minimum atomic E-state index is -0.289. The Bertz CT molecular complexity index is 223. The molecule has 0 rings (SSSR count). The molecule has 0 aliphatic rings. The molecule has 0 atom stereocenters. The van der Waals surface area contributed by atoms with Crippen molar-refractivity contribution in [3.63, 3.8) is 0 Å². The lowest BCUT2D eigenvalue weighted by atomic mass is 9.87. The van der Waals surface area contributed by atoms with Gasteiger partial charge in [-0.25, -0.2) is 0 Å². The third-order valence-corrected chi connectivity index (χ3v) is 2.76. The Morgan fingerprint density at radius 3 is 1.80 bits per heavy atom. The number of carbonyl (C=O) groups is 1. The van der Waals surface area contributed by atoms with Crippen LogP contribution in [0.4, 0.5) is 0 Å². The van der Waals surface area contributed by atoms with Crippen molar-refractivity contribution in [3.05, 3.63) is 0 Å². The molecule has 0 radical (unpaired) electrons. The summed E-state index contributed by atoms with van der Waals surface area (Å²) in [5.41, 5.74) is -0.346. The number of carbonyl (C=O) groups excluding carboxylic acids is 1. The van der Waals surface area contributed by atoms with E-state index in [9.17, 15) is 4.79 Å². The third kappa shape index (κ3) is 4.23. The van der Waals surface area contributed by atoms with Crippen molar-refractivity contribution in [1.29, 1.82) is 0 Å². The van der Waals surface area contributed by atoms with Crippen LogP contribution in [0.25, 0.3) is 0 Å². The van der Waals surface area contributed by atoms with Crippen LogP contribution < -0.4 is 0 Å². The molecule has 0 unspecified atom stereocenters. The van der Waals surface area contributed by atoms with E-state index in [1.165, 1.54) is 0 Å². The topological polar surface area (TPSA) is 20.3 Å². The van der Waals surface area contributed by atoms with Crippen molar-refractivity contribution in [1.82, 2.24) is 4.90 Å². The van der Waals surface area contributed by atoms with Gasteiger partial charge in [-0.2, -0.15) is 0 Å². The molecule has 0 bridgehead atoms. The highest BCUT2D eigenvalue weighted by Crippen LogP contribution is 2.27. The van der Waals surface area contributed by atoms with E-state index >= 15 is 0 Å². The molecule has 0 aliphatic carbocycles. The first-order valence-corrected chi connectivity index (χ1v) is 5.77. The fourth-order valence-corrected chi connectivity index (χ4v) is 1.91. The van der Waals surface area contributed by atoms with Gasteiger partial charge >= 0.3 is 0 Å². The molecule has 0 saturated heterocycles. The summed E-state index contributed by atoms with van der Waals surface area (Å²) in [6, 6.07) is 0. The summed E-state index contributed by atoms with van der Waals surface area (Å²) < 4.78 is 0. The van der Waals surface area contributed by atoms with Gasteiger partial charge in [-0.3, -0.25) is 4.79 Å². The molecule has 0 aromatic rings. The highest BCUT2D eigenvalue weighted by atomic mass is 16.2. The quantitative estimate of drug-likeness (QED) is 0.704. The second-order valence-electron chi connectivity index (χ2n) is 6.52. The van der Waals surface area contributed by atoms with Gasteiger partial charge in [-0.05, 0) is 26.2 Å². The van der Waals surface area contributed by atoms with E-state index in [4.69, 9.17) is 0 Å². The van der Waals surface area contributed by atoms with Crippen LogP contribution in [0.1, 0.15) is 54.9 Å². The van der Waals surface area contributed by atoms with Crippen molar-refractivity contribution >= 4 is 5.91 Å². The lowest BCUT2D eigenvalue weighted by Gasteiger charge is -2.40. The summed E-state index contributed by atoms with van der Waals surface area (Å²) in [4.78, 5) is 14.0. The van der Waals surface area contributed by atoms with Crippen LogP contribution in [-0.2, 0) is 4.79 Å². The van der Waals surface area contributed by atoms with Gasteiger partial charge in [-0.1, -0.05) is 34.6 Å². The molecule has 2 nitrogen and oxygen atoms in total. The van der Waals surface area contributed by atoms with Gasteiger partial charge in [0.2, 0.25) is 5.91 Å². The van der Waals surface area contributed by atoms with Crippen molar-refractivity contribution in [3.8, 4) is 0 Å². The van der Waals surface area contributed by atoms with Gasteiger partial charge in [-0.15, -0.1) is 0 Å². The lowest BCUT2D eigenvalue weighted by Crippen LogP contribution is -2.49. The molecule has 0 heterocycles. The maximum absolute atomic E-state index is 12.1. The average Bonchev–Trinajstić information content (AvgIpc) is 1.97. The first-order chi connectivity index (χ1) is 6.48. The number of rotatable bonds is 3. The second kappa shape index (κ2) is 4.54. The molecule has 0 aromatic heterocycles. The molecular formula is C13H27NO. The van der Waals surface area contributed by atoms with E-state index in [-0.39, 0.29) is 16.9 Å². The van der Waals surface area contributed by atoms with Gasteiger partial charge < -0.3 is 4.90 Å². The summed E-state index contributed by atoms with van der Waals surface area (Å²) in [6.45, 7) is 14.6. The summed E-state index contributed by atoms with van der Waals surface area (Å²) in [7, 11) is 1.91. The van der Waals surface area contributed by atoms with E-state index in [1.807, 2.05) is 32.7 Å². The number of hydrogen-bond acceptors (Lipinski definition) is 1. The molecule has 15 heavy (non-hydrogen) atoms.